The van der Waals surface area contributed by atoms with E-state index in [-0.39, 0.29) is 0 Å². The summed E-state index contributed by atoms with van der Waals surface area (Å²) in [6.45, 7) is 3.11. The van der Waals surface area contributed by atoms with Gasteiger partial charge < -0.3 is 14.2 Å². The Morgan fingerprint density at radius 3 is 2.59 bits per heavy atom. The lowest BCUT2D eigenvalue weighted by Crippen LogP contribution is -2.37. The summed E-state index contributed by atoms with van der Waals surface area (Å²) in [6.07, 6.45) is 1.81. The van der Waals surface area contributed by atoms with E-state index < -0.39 is 0 Å². The molecule has 6 heteroatoms. The normalized spacial score (nSPS) is 15.4. The highest BCUT2D eigenvalue weighted by atomic mass is 16.5. The molecule has 0 N–H and O–H groups in total. The molecule has 1 aromatic carbocycles. The van der Waals surface area contributed by atoms with Gasteiger partial charge in [-0.15, -0.1) is 0 Å². The van der Waals surface area contributed by atoms with Crippen LogP contribution in [0.3, 0.4) is 0 Å². The SMILES string of the molecule is Cn1c(-c2ccccc2)nc2cnc(N3CCOCC3)nc21. The number of aromatic nitrogens is 4. The Balaban J connectivity index is 1.78. The Labute approximate surface area is 128 Å². The van der Waals surface area contributed by atoms with Gasteiger partial charge in [0.2, 0.25) is 5.95 Å². The summed E-state index contributed by atoms with van der Waals surface area (Å²) in [4.78, 5) is 16.0. The molecule has 0 saturated carbocycles. The summed E-state index contributed by atoms with van der Waals surface area (Å²) in [5.74, 6) is 1.66. The van der Waals surface area contributed by atoms with Crippen molar-refractivity contribution in [2.75, 3.05) is 31.2 Å². The second-order valence-corrected chi connectivity index (χ2v) is 5.34. The van der Waals surface area contributed by atoms with Crippen LogP contribution in [0.25, 0.3) is 22.6 Å². The first kappa shape index (κ1) is 13.2. The lowest BCUT2D eigenvalue weighted by molar-refractivity contribution is 0.122. The topological polar surface area (TPSA) is 56.1 Å². The number of ether oxygens (including phenoxy) is 1. The van der Waals surface area contributed by atoms with Gasteiger partial charge in [-0.05, 0) is 0 Å². The molecule has 0 spiro atoms. The van der Waals surface area contributed by atoms with Crippen LogP contribution >= 0.6 is 0 Å². The van der Waals surface area contributed by atoms with Crippen molar-refractivity contribution in [1.82, 2.24) is 19.5 Å². The fraction of sp³-hybridized carbons (Fsp3) is 0.312. The van der Waals surface area contributed by atoms with Crippen molar-refractivity contribution < 1.29 is 4.74 Å². The fourth-order valence-corrected chi connectivity index (χ4v) is 2.73. The van der Waals surface area contributed by atoms with Crippen LogP contribution in [0.15, 0.2) is 36.5 Å². The summed E-state index contributed by atoms with van der Waals surface area (Å²) in [7, 11) is 1.99. The number of hydrogen-bond acceptors (Lipinski definition) is 5. The van der Waals surface area contributed by atoms with Gasteiger partial charge in [-0.2, -0.15) is 4.98 Å². The van der Waals surface area contributed by atoms with Crippen LogP contribution in [0.2, 0.25) is 0 Å². The summed E-state index contributed by atoms with van der Waals surface area (Å²) in [5, 5.41) is 0. The maximum absolute atomic E-state index is 5.38. The first-order chi connectivity index (χ1) is 10.8. The van der Waals surface area contributed by atoms with Gasteiger partial charge in [-0.3, -0.25) is 0 Å². The number of nitrogens with zero attached hydrogens (tertiary/aromatic N) is 5. The van der Waals surface area contributed by atoms with E-state index in [9.17, 15) is 0 Å². The quantitative estimate of drug-likeness (QED) is 0.722. The minimum absolute atomic E-state index is 0.724. The zero-order valence-electron chi connectivity index (χ0n) is 12.4. The maximum Gasteiger partial charge on any atom is 0.227 e. The van der Waals surface area contributed by atoms with Crippen molar-refractivity contribution in [2.24, 2.45) is 7.05 Å². The van der Waals surface area contributed by atoms with Crippen LogP contribution in [0, 0.1) is 0 Å². The van der Waals surface area contributed by atoms with E-state index >= 15 is 0 Å². The summed E-state index contributed by atoms with van der Waals surface area (Å²) in [5.41, 5.74) is 2.75. The van der Waals surface area contributed by atoms with Gasteiger partial charge in [-0.25, -0.2) is 9.97 Å². The lowest BCUT2D eigenvalue weighted by atomic mass is 10.2. The molecule has 0 bridgehead atoms. The summed E-state index contributed by atoms with van der Waals surface area (Å²) < 4.78 is 7.40. The molecule has 0 amide bonds. The molecule has 0 unspecified atom stereocenters. The van der Waals surface area contributed by atoms with Gasteiger partial charge in [0.15, 0.2) is 5.65 Å². The van der Waals surface area contributed by atoms with Gasteiger partial charge in [0.05, 0.1) is 19.4 Å². The Kier molecular flexibility index (Phi) is 3.23. The van der Waals surface area contributed by atoms with Crippen LogP contribution < -0.4 is 4.90 Å². The van der Waals surface area contributed by atoms with Crippen molar-refractivity contribution in [1.29, 1.82) is 0 Å². The number of rotatable bonds is 2. The van der Waals surface area contributed by atoms with E-state index in [2.05, 4.69) is 27.0 Å². The minimum Gasteiger partial charge on any atom is -0.378 e. The molecule has 1 saturated heterocycles. The van der Waals surface area contributed by atoms with E-state index in [0.717, 1.165) is 54.8 Å². The molecule has 3 aromatic rings. The van der Waals surface area contributed by atoms with Crippen molar-refractivity contribution in [2.45, 2.75) is 0 Å². The van der Waals surface area contributed by atoms with E-state index in [0.29, 0.717) is 0 Å². The molecule has 1 aliphatic heterocycles. The highest BCUT2D eigenvalue weighted by molar-refractivity contribution is 5.77. The third-order valence-corrected chi connectivity index (χ3v) is 3.92. The molecular weight excluding hydrogens is 278 g/mol. The molecule has 1 aliphatic rings. The van der Waals surface area contributed by atoms with E-state index in [1.165, 1.54) is 0 Å². The molecule has 4 rings (SSSR count). The lowest BCUT2D eigenvalue weighted by Gasteiger charge is -2.26. The summed E-state index contributed by atoms with van der Waals surface area (Å²) in [6, 6.07) is 10.1. The predicted molar refractivity (Wildman–Crippen MR) is 84.8 cm³/mol. The molecule has 3 heterocycles. The average molecular weight is 295 g/mol. The highest BCUT2D eigenvalue weighted by Gasteiger charge is 2.17. The van der Waals surface area contributed by atoms with Crippen molar-refractivity contribution in [3.8, 4) is 11.4 Å². The molecule has 6 nitrogen and oxygen atoms in total. The van der Waals surface area contributed by atoms with Crippen LogP contribution in [0.5, 0.6) is 0 Å². The van der Waals surface area contributed by atoms with Crippen molar-refractivity contribution >= 4 is 17.1 Å². The Morgan fingerprint density at radius 1 is 1.05 bits per heavy atom. The third-order valence-electron chi connectivity index (χ3n) is 3.92. The van der Waals surface area contributed by atoms with Gasteiger partial charge in [0, 0.05) is 25.7 Å². The molecule has 0 atom stereocenters. The molecule has 112 valence electrons. The van der Waals surface area contributed by atoms with Gasteiger partial charge >= 0.3 is 0 Å². The van der Waals surface area contributed by atoms with Gasteiger partial charge in [0.1, 0.15) is 11.3 Å². The predicted octanol–water partition coefficient (Wildman–Crippen LogP) is 1.87. The van der Waals surface area contributed by atoms with Crippen LogP contribution in [-0.4, -0.2) is 45.8 Å². The molecule has 1 fully saturated rings. The molecule has 0 aliphatic carbocycles. The number of aryl methyl sites for hydroxylation is 1. The molecule has 2 aromatic heterocycles. The number of imidazole rings is 1. The monoisotopic (exact) mass is 295 g/mol. The second-order valence-electron chi connectivity index (χ2n) is 5.34. The minimum atomic E-state index is 0.724. The van der Waals surface area contributed by atoms with Crippen LogP contribution in [-0.2, 0) is 11.8 Å². The molecule has 22 heavy (non-hydrogen) atoms. The number of anilines is 1. The Bertz CT molecular complexity index is 793. The van der Waals surface area contributed by atoms with E-state index in [4.69, 9.17) is 9.72 Å². The number of hydrogen-bond donors (Lipinski definition) is 0. The Hall–Kier alpha value is -2.47. The number of benzene rings is 1. The Morgan fingerprint density at radius 2 is 1.82 bits per heavy atom. The standard InChI is InChI=1S/C16H17N5O/c1-20-14(12-5-3-2-4-6-12)18-13-11-17-16(19-15(13)20)21-7-9-22-10-8-21/h2-6,11H,7-10H2,1H3. The average Bonchev–Trinajstić information content (AvgIpc) is 2.93. The maximum atomic E-state index is 5.38. The fourth-order valence-electron chi connectivity index (χ4n) is 2.73. The highest BCUT2D eigenvalue weighted by Crippen LogP contribution is 2.23. The van der Waals surface area contributed by atoms with Gasteiger partial charge in [0.25, 0.3) is 0 Å². The first-order valence-corrected chi connectivity index (χ1v) is 7.40. The molecule has 0 radical (unpaired) electrons. The van der Waals surface area contributed by atoms with E-state index in [1.54, 1.807) is 6.20 Å². The van der Waals surface area contributed by atoms with Crippen molar-refractivity contribution in [3.05, 3.63) is 36.5 Å². The van der Waals surface area contributed by atoms with Gasteiger partial charge in [-0.1, -0.05) is 30.3 Å². The number of fused-ring (bicyclic) bond motifs is 1. The summed E-state index contributed by atoms with van der Waals surface area (Å²) >= 11 is 0. The number of morpholine rings is 1. The largest absolute Gasteiger partial charge is 0.378 e. The van der Waals surface area contributed by atoms with Crippen LogP contribution in [0.4, 0.5) is 5.95 Å². The third kappa shape index (κ3) is 2.21. The zero-order valence-corrected chi connectivity index (χ0v) is 12.4. The van der Waals surface area contributed by atoms with Crippen LogP contribution in [0.1, 0.15) is 0 Å². The van der Waals surface area contributed by atoms with Crippen molar-refractivity contribution in [3.63, 3.8) is 0 Å². The smallest absolute Gasteiger partial charge is 0.227 e. The second kappa shape index (κ2) is 5.38. The zero-order chi connectivity index (χ0) is 14.9. The molecular formula is C16H17N5O. The first-order valence-electron chi connectivity index (χ1n) is 7.40. The van der Waals surface area contributed by atoms with E-state index in [1.807, 2.05) is 29.8 Å².